The Morgan fingerprint density at radius 3 is 1.59 bits per heavy atom. The van der Waals surface area contributed by atoms with Gasteiger partial charge in [-0.3, -0.25) is 9.59 Å². The van der Waals surface area contributed by atoms with Gasteiger partial charge in [-0.1, -0.05) is 19.4 Å². The highest BCUT2D eigenvalue weighted by Gasteiger charge is 2.45. The van der Waals surface area contributed by atoms with Crippen molar-refractivity contribution >= 4 is 29.8 Å². The van der Waals surface area contributed by atoms with Crippen molar-refractivity contribution in [1.29, 1.82) is 0 Å². The number of unbranched alkanes of at least 4 members (excludes halogenated alkanes) is 2. The predicted octanol–water partition coefficient (Wildman–Crippen LogP) is 2.00. The molecule has 1 aliphatic heterocycles. The molecular formula is C43H67F4N3O16. The van der Waals surface area contributed by atoms with E-state index in [1.165, 1.54) is 13.8 Å². The molecule has 23 heteroatoms. The molecule has 1 saturated heterocycles. The molecule has 1 fully saturated rings. The lowest BCUT2D eigenvalue weighted by Crippen LogP contribution is -2.61. The van der Waals surface area contributed by atoms with Crippen LogP contribution in [-0.4, -0.2) is 184 Å². The monoisotopic (exact) mass is 957 g/mol. The number of aliphatic hydroxyl groups excluding tert-OH is 2. The molecule has 1 aromatic carbocycles. The van der Waals surface area contributed by atoms with Crippen molar-refractivity contribution in [1.82, 2.24) is 16.0 Å². The number of allylic oxidation sites excluding steroid dienone is 1. The second-order valence-electron chi connectivity index (χ2n) is 14.7. The molecule has 0 bridgehead atoms. The Labute approximate surface area is 382 Å². The van der Waals surface area contributed by atoms with Crippen LogP contribution < -0.4 is 20.7 Å². The number of aldehydes is 1. The van der Waals surface area contributed by atoms with Crippen molar-refractivity contribution in [3.63, 3.8) is 0 Å². The minimum atomic E-state index is -2.10. The highest BCUT2D eigenvalue weighted by Crippen LogP contribution is 2.35. The number of ether oxygens (including phenoxy) is 10. The fraction of sp³-hybridized carbons (Fsp3) is 0.721. The number of amides is 3. The number of carbonyl (C=O) groups is 4. The number of nitrogens with one attached hydrogen (secondary N) is 3. The van der Waals surface area contributed by atoms with E-state index in [0.29, 0.717) is 105 Å². The molecule has 378 valence electrons. The van der Waals surface area contributed by atoms with Gasteiger partial charge >= 0.3 is 12.0 Å². The zero-order valence-corrected chi connectivity index (χ0v) is 37.8. The van der Waals surface area contributed by atoms with Crippen LogP contribution in [-0.2, 0) is 57.0 Å². The van der Waals surface area contributed by atoms with E-state index in [9.17, 15) is 47.0 Å². The Kier molecular flexibility index (Phi) is 31.1. The quantitative estimate of drug-likeness (QED) is 0.0121. The Balaban J connectivity index is 1.29. The first-order valence-corrected chi connectivity index (χ1v) is 21.9. The molecule has 5 N–H and O–H groups in total. The lowest BCUT2D eigenvalue weighted by atomic mass is 9.83. The molecule has 0 unspecified atom stereocenters. The van der Waals surface area contributed by atoms with Crippen molar-refractivity contribution in [3.8, 4) is 5.75 Å². The number of esters is 1. The number of hydrogen-bond donors (Lipinski definition) is 5. The van der Waals surface area contributed by atoms with Gasteiger partial charge in [0.2, 0.25) is 17.5 Å². The maximum Gasteiger partial charge on any atom is 0.314 e. The maximum absolute atomic E-state index is 14.1. The third-order valence-electron chi connectivity index (χ3n) is 9.54. The Hall–Kier alpha value is -3.88. The number of carbonyl (C=O) groups excluding carboxylic acids is 4. The number of benzene rings is 1. The molecule has 1 heterocycles. The molecule has 19 nitrogen and oxygen atoms in total. The minimum Gasteiger partial charge on any atom is -0.422 e. The second kappa shape index (κ2) is 35.3. The molecule has 0 aromatic heterocycles. The van der Waals surface area contributed by atoms with Gasteiger partial charge in [0.15, 0.2) is 17.4 Å². The molecule has 0 radical (unpaired) electrons. The van der Waals surface area contributed by atoms with Crippen molar-refractivity contribution < 1.29 is 94.3 Å². The molecule has 3 amide bonds. The summed E-state index contributed by atoms with van der Waals surface area (Å²) in [6, 6.07) is -1.02. The van der Waals surface area contributed by atoms with E-state index < -0.39 is 77.4 Å². The first-order chi connectivity index (χ1) is 31.8. The van der Waals surface area contributed by atoms with Gasteiger partial charge in [-0.25, -0.2) is 18.0 Å². The van der Waals surface area contributed by atoms with E-state index in [1.807, 2.05) is 0 Å². The lowest BCUT2D eigenvalue weighted by Gasteiger charge is -2.43. The standard InChI is InChI=1S/C43H67F4N3O16/c1-29(2)35-36(44)37(45)38(46)39(47)42(35)66-34(54)8-12-58-16-19-61-21-23-63-25-26-64-24-22-62-20-18-60-14-10-49-43(56)48-9-13-59-17-15-57-11-6-4-5-7-32-40(50-30(3)53)31(27-51)41(55)33(28-52)65-32/h27,31-33,40-41,52,55H,1,4-26,28H2,2-3H3,(H,50,53)(H2,48,49,56)/t31-,32-,33-,40-,41-/m1/s1. The molecule has 0 aliphatic carbocycles. The summed E-state index contributed by atoms with van der Waals surface area (Å²) in [7, 11) is 0. The summed E-state index contributed by atoms with van der Waals surface area (Å²) in [5.41, 5.74) is -0.931. The molecule has 66 heavy (non-hydrogen) atoms. The summed E-state index contributed by atoms with van der Waals surface area (Å²) >= 11 is 0. The largest absolute Gasteiger partial charge is 0.422 e. The van der Waals surface area contributed by atoms with Gasteiger partial charge in [-0.2, -0.15) is 4.39 Å². The van der Waals surface area contributed by atoms with Crippen LogP contribution in [0.1, 0.15) is 51.5 Å². The third-order valence-corrected chi connectivity index (χ3v) is 9.54. The summed E-state index contributed by atoms with van der Waals surface area (Å²) in [5.74, 6) is -11.0. The molecular weight excluding hydrogens is 890 g/mol. The van der Waals surface area contributed by atoms with Crippen LogP contribution in [0.2, 0.25) is 0 Å². The van der Waals surface area contributed by atoms with Gasteiger partial charge < -0.3 is 78.3 Å². The van der Waals surface area contributed by atoms with Crippen LogP contribution in [0.5, 0.6) is 5.75 Å². The highest BCUT2D eigenvalue weighted by molar-refractivity contribution is 5.77. The molecule has 1 aromatic rings. The van der Waals surface area contributed by atoms with Crippen molar-refractivity contribution in [2.75, 3.05) is 125 Å². The third kappa shape index (κ3) is 23.2. The van der Waals surface area contributed by atoms with E-state index >= 15 is 0 Å². The van der Waals surface area contributed by atoms with E-state index in [4.69, 9.17) is 47.4 Å². The molecule has 0 saturated carbocycles. The van der Waals surface area contributed by atoms with E-state index in [1.54, 1.807) is 0 Å². The van der Waals surface area contributed by atoms with E-state index in [0.717, 1.165) is 19.3 Å². The predicted molar refractivity (Wildman–Crippen MR) is 227 cm³/mol. The lowest BCUT2D eigenvalue weighted by molar-refractivity contribution is -0.176. The summed E-state index contributed by atoms with van der Waals surface area (Å²) in [6.07, 6.45) is 0.488. The average Bonchev–Trinajstić information content (AvgIpc) is 3.28. The van der Waals surface area contributed by atoms with Crippen molar-refractivity contribution in [2.45, 2.75) is 70.3 Å². The molecule has 2 rings (SSSR count). The van der Waals surface area contributed by atoms with Gasteiger partial charge in [-0.15, -0.1) is 0 Å². The van der Waals surface area contributed by atoms with Crippen LogP contribution >= 0.6 is 0 Å². The fourth-order valence-electron chi connectivity index (χ4n) is 6.28. The summed E-state index contributed by atoms with van der Waals surface area (Å²) in [4.78, 5) is 47.2. The zero-order valence-electron chi connectivity index (χ0n) is 37.8. The van der Waals surface area contributed by atoms with Crippen LogP contribution in [0, 0.1) is 29.2 Å². The van der Waals surface area contributed by atoms with Gasteiger partial charge in [0, 0.05) is 26.6 Å². The fourth-order valence-corrected chi connectivity index (χ4v) is 6.28. The Morgan fingerprint density at radius 2 is 1.12 bits per heavy atom. The van der Waals surface area contributed by atoms with Gasteiger partial charge in [0.1, 0.15) is 12.4 Å². The van der Waals surface area contributed by atoms with Crippen molar-refractivity contribution in [3.05, 3.63) is 35.4 Å². The number of urea groups is 1. The number of halogens is 4. The highest BCUT2D eigenvalue weighted by atomic mass is 19.2. The Morgan fingerprint density at radius 1 is 0.652 bits per heavy atom. The van der Waals surface area contributed by atoms with Gasteiger partial charge in [-0.05, 0) is 25.3 Å². The minimum absolute atomic E-state index is 0.114. The smallest absolute Gasteiger partial charge is 0.314 e. The average molecular weight is 958 g/mol. The van der Waals surface area contributed by atoms with Gasteiger partial charge in [0.05, 0.1) is 142 Å². The number of rotatable bonds is 38. The van der Waals surface area contributed by atoms with Crippen LogP contribution in [0.4, 0.5) is 22.4 Å². The van der Waals surface area contributed by atoms with Crippen molar-refractivity contribution in [2.24, 2.45) is 5.92 Å². The maximum atomic E-state index is 14.1. The van der Waals surface area contributed by atoms with Crippen LogP contribution in [0.3, 0.4) is 0 Å². The normalized spacial score (nSPS) is 18.2. The number of hydrogen-bond acceptors (Lipinski definition) is 16. The first kappa shape index (κ1) is 58.2. The summed E-state index contributed by atoms with van der Waals surface area (Å²) < 4.78 is 109. The SMILES string of the molecule is C=C(C)c1c(F)c(F)c(F)c(F)c1OC(=O)CCOCCOCCOCCOCCOCCOCCNC(=O)NCCOCCOCCCCC[C@H]1O[C@H](CO)[C@H](O)[C@H](C=O)[C@H]1NC(C)=O. The molecule has 5 atom stereocenters. The van der Waals surface area contributed by atoms with E-state index in [2.05, 4.69) is 22.5 Å². The number of aliphatic hydroxyl groups is 2. The summed E-state index contributed by atoms with van der Waals surface area (Å²) in [5, 5.41) is 27.9. The topological polar surface area (TPSA) is 237 Å². The second-order valence-corrected chi connectivity index (χ2v) is 14.7. The van der Waals surface area contributed by atoms with Crippen LogP contribution in [0.15, 0.2) is 6.58 Å². The summed E-state index contributed by atoms with van der Waals surface area (Å²) in [6.45, 7) is 10.9. The van der Waals surface area contributed by atoms with Gasteiger partial charge in [0.25, 0.3) is 0 Å². The molecule has 1 aliphatic rings. The first-order valence-electron chi connectivity index (χ1n) is 21.9. The van der Waals surface area contributed by atoms with Crippen LogP contribution in [0.25, 0.3) is 5.57 Å². The molecule has 0 spiro atoms. The Bertz CT molecular complexity index is 1580. The van der Waals surface area contributed by atoms with E-state index in [-0.39, 0.29) is 50.4 Å². The zero-order chi connectivity index (χ0) is 48.5.